The van der Waals surface area contributed by atoms with Gasteiger partial charge >= 0.3 is 0 Å². The van der Waals surface area contributed by atoms with Crippen LogP contribution < -0.4 is 10.0 Å². The summed E-state index contributed by atoms with van der Waals surface area (Å²) in [7, 11) is -3.60. The SMILES string of the molecule is CCCNc1ncc(Br)cc1S(=O)(=O)NC1CCOCC1. The van der Waals surface area contributed by atoms with Gasteiger partial charge in [-0.3, -0.25) is 0 Å². The highest BCUT2D eigenvalue weighted by atomic mass is 79.9. The van der Waals surface area contributed by atoms with E-state index in [1.54, 1.807) is 12.3 Å². The van der Waals surface area contributed by atoms with E-state index in [2.05, 4.69) is 31.0 Å². The highest BCUT2D eigenvalue weighted by Crippen LogP contribution is 2.24. The zero-order valence-electron chi connectivity index (χ0n) is 11.9. The van der Waals surface area contributed by atoms with Crippen LogP contribution in [0.2, 0.25) is 0 Å². The normalized spacial score (nSPS) is 16.9. The minimum atomic E-state index is -3.60. The van der Waals surface area contributed by atoms with E-state index in [9.17, 15) is 8.42 Å². The van der Waals surface area contributed by atoms with Gasteiger partial charge in [0.2, 0.25) is 10.0 Å². The van der Waals surface area contributed by atoms with Crippen molar-refractivity contribution < 1.29 is 13.2 Å². The van der Waals surface area contributed by atoms with Gasteiger partial charge in [0.1, 0.15) is 10.7 Å². The molecule has 1 aromatic rings. The Morgan fingerprint density at radius 2 is 2.14 bits per heavy atom. The summed E-state index contributed by atoms with van der Waals surface area (Å²) in [5.41, 5.74) is 0. The van der Waals surface area contributed by atoms with Gasteiger partial charge < -0.3 is 10.1 Å². The Labute approximate surface area is 133 Å². The first-order chi connectivity index (χ1) is 10.0. The maximum absolute atomic E-state index is 12.6. The fraction of sp³-hybridized carbons (Fsp3) is 0.615. The number of nitrogens with one attached hydrogen (secondary N) is 2. The lowest BCUT2D eigenvalue weighted by Crippen LogP contribution is -2.39. The van der Waals surface area contributed by atoms with Gasteiger partial charge in [0.05, 0.1) is 0 Å². The van der Waals surface area contributed by atoms with Crippen molar-refractivity contribution in [3.05, 3.63) is 16.7 Å². The fourth-order valence-corrected chi connectivity index (χ4v) is 4.05. The van der Waals surface area contributed by atoms with Crippen LogP contribution in [0.25, 0.3) is 0 Å². The molecular formula is C13H20BrN3O3S. The first-order valence-corrected chi connectivity index (χ1v) is 9.30. The third kappa shape index (κ3) is 4.64. The number of nitrogens with zero attached hydrogens (tertiary/aromatic N) is 1. The molecule has 0 atom stereocenters. The van der Waals surface area contributed by atoms with Crippen molar-refractivity contribution >= 4 is 31.8 Å². The van der Waals surface area contributed by atoms with E-state index in [1.807, 2.05) is 6.92 Å². The summed E-state index contributed by atoms with van der Waals surface area (Å²) >= 11 is 3.28. The van der Waals surface area contributed by atoms with Gasteiger partial charge in [0.25, 0.3) is 0 Å². The van der Waals surface area contributed by atoms with E-state index >= 15 is 0 Å². The fourth-order valence-electron chi connectivity index (χ4n) is 2.10. The zero-order chi connectivity index (χ0) is 15.3. The Balaban J connectivity index is 2.22. The van der Waals surface area contributed by atoms with Crippen molar-refractivity contribution in [3.8, 4) is 0 Å². The van der Waals surface area contributed by atoms with Gasteiger partial charge in [-0.25, -0.2) is 18.1 Å². The van der Waals surface area contributed by atoms with Crippen LogP contribution in [0.4, 0.5) is 5.82 Å². The molecule has 2 heterocycles. The topological polar surface area (TPSA) is 80.3 Å². The van der Waals surface area contributed by atoms with E-state index in [0.717, 1.165) is 6.42 Å². The van der Waals surface area contributed by atoms with Gasteiger partial charge in [-0.15, -0.1) is 0 Å². The highest BCUT2D eigenvalue weighted by molar-refractivity contribution is 9.10. The number of ether oxygens (including phenoxy) is 1. The molecule has 1 aliphatic rings. The van der Waals surface area contributed by atoms with Gasteiger partial charge in [0.15, 0.2) is 0 Å². The number of sulfonamides is 1. The molecule has 2 rings (SSSR count). The molecule has 1 aliphatic heterocycles. The average molecular weight is 378 g/mol. The van der Waals surface area contributed by atoms with Crippen molar-refractivity contribution in [2.24, 2.45) is 0 Å². The maximum atomic E-state index is 12.6. The van der Waals surface area contributed by atoms with Gasteiger partial charge in [-0.2, -0.15) is 0 Å². The molecule has 0 aromatic carbocycles. The van der Waals surface area contributed by atoms with E-state index in [4.69, 9.17) is 4.74 Å². The second-order valence-corrected chi connectivity index (χ2v) is 7.53. The minimum absolute atomic E-state index is 0.0817. The molecule has 0 amide bonds. The number of anilines is 1. The molecule has 0 bridgehead atoms. The van der Waals surface area contributed by atoms with Crippen LogP contribution in [0, 0.1) is 0 Å². The molecule has 0 spiro atoms. The number of hydrogen-bond donors (Lipinski definition) is 2. The summed E-state index contributed by atoms with van der Waals surface area (Å²) in [6.45, 7) is 3.87. The van der Waals surface area contributed by atoms with E-state index in [1.165, 1.54) is 0 Å². The molecule has 1 saturated heterocycles. The van der Waals surface area contributed by atoms with Crippen LogP contribution in [-0.2, 0) is 14.8 Å². The highest BCUT2D eigenvalue weighted by Gasteiger charge is 2.25. The van der Waals surface area contributed by atoms with E-state index < -0.39 is 10.0 Å². The quantitative estimate of drug-likeness (QED) is 0.793. The van der Waals surface area contributed by atoms with Crippen molar-refractivity contribution in [1.82, 2.24) is 9.71 Å². The second kappa shape index (κ2) is 7.53. The maximum Gasteiger partial charge on any atom is 0.244 e. The summed E-state index contributed by atoms with van der Waals surface area (Å²) < 4.78 is 33.8. The Kier molecular flexibility index (Phi) is 5.98. The predicted molar refractivity (Wildman–Crippen MR) is 84.9 cm³/mol. The summed E-state index contributed by atoms with van der Waals surface area (Å²) in [5.74, 6) is 0.389. The number of rotatable bonds is 6. The van der Waals surface area contributed by atoms with Crippen LogP contribution in [0.1, 0.15) is 26.2 Å². The molecule has 1 fully saturated rings. The molecule has 1 aromatic heterocycles. The van der Waals surface area contributed by atoms with Crippen molar-refractivity contribution in [2.45, 2.75) is 37.1 Å². The summed E-state index contributed by atoms with van der Waals surface area (Å²) in [6.07, 6.45) is 3.87. The molecule has 0 radical (unpaired) electrons. The third-order valence-corrected chi connectivity index (χ3v) is 5.16. The summed E-state index contributed by atoms with van der Waals surface area (Å²) in [6, 6.07) is 1.49. The third-order valence-electron chi connectivity index (χ3n) is 3.19. The van der Waals surface area contributed by atoms with Crippen LogP contribution in [-0.4, -0.2) is 39.2 Å². The molecule has 6 nitrogen and oxygen atoms in total. The molecule has 0 aliphatic carbocycles. The molecule has 21 heavy (non-hydrogen) atoms. The van der Waals surface area contributed by atoms with Crippen LogP contribution in [0.3, 0.4) is 0 Å². The van der Waals surface area contributed by atoms with Crippen molar-refractivity contribution in [3.63, 3.8) is 0 Å². The molecule has 8 heteroatoms. The standard InChI is InChI=1S/C13H20BrN3O3S/c1-2-5-15-13-12(8-10(14)9-16-13)21(18,19)17-11-3-6-20-7-4-11/h8-9,11,17H,2-7H2,1H3,(H,15,16). The smallest absolute Gasteiger partial charge is 0.244 e. The molecule has 118 valence electrons. The first-order valence-electron chi connectivity index (χ1n) is 7.02. The van der Waals surface area contributed by atoms with Gasteiger partial charge in [-0.05, 0) is 41.3 Å². The molecule has 2 N–H and O–H groups in total. The van der Waals surface area contributed by atoms with Crippen LogP contribution >= 0.6 is 15.9 Å². The largest absolute Gasteiger partial charge is 0.381 e. The number of pyridine rings is 1. The van der Waals surface area contributed by atoms with E-state index in [-0.39, 0.29) is 10.9 Å². The average Bonchev–Trinajstić information content (AvgIpc) is 2.46. The lowest BCUT2D eigenvalue weighted by atomic mass is 10.1. The first kappa shape index (κ1) is 16.7. The van der Waals surface area contributed by atoms with Gasteiger partial charge in [-0.1, -0.05) is 6.92 Å². The van der Waals surface area contributed by atoms with Crippen molar-refractivity contribution in [1.29, 1.82) is 0 Å². The monoisotopic (exact) mass is 377 g/mol. The van der Waals surface area contributed by atoms with Crippen molar-refractivity contribution in [2.75, 3.05) is 25.1 Å². The Morgan fingerprint density at radius 1 is 1.43 bits per heavy atom. The lowest BCUT2D eigenvalue weighted by Gasteiger charge is -2.23. The van der Waals surface area contributed by atoms with Gasteiger partial charge in [0, 0.05) is 36.5 Å². The second-order valence-electron chi connectivity index (χ2n) is 4.93. The molecule has 0 saturated carbocycles. The summed E-state index contributed by atoms with van der Waals surface area (Å²) in [5, 5.41) is 3.06. The summed E-state index contributed by atoms with van der Waals surface area (Å²) in [4.78, 5) is 4.35. The number of hydrogen-bond acceptors (Lipinski definition) is 5. The van der Waals surface area contributed by atoms with Crippen LogP contribution in [0.5, 0.6) is 0 Å². The Morgan fingerprint density at radius 3 is 2.81 bits per heavy atom. The Bertz CT molecular complexity index is 574. The Hall–Kier alpha value is -0.700. The predicted octanol–water partition coefficient (Wildman–Crippen LogP) is 2.12. The van der Waals surface area contributed by atoms with E-state index in [0.29, 0.717) is 42.9 Å². The number of halogens is 1. The minimum Gasteiger partial charge on any atom is -0.381 e. The van der Waals surface area contributed by atoms with Crippen LogP contribution in [0.15, 0.2) is 21.6 Å². The lowest BCUT2D eigenvalue weighted by molar-refractivity contribution is 0.0832. The zero-order valence-corrected chi connectivity index (χ0v) is 14.3. The molecule has 0 unspecified atom stereocenters. The molecular weight excluding hydrogens is 358 g/mol. The number of aromatic nitrogens is 1.